The van der Waals surface area contributed by atoms with Gasteiger partial charge in [0.1, 0.15) is 16.9 Å². The maximum absolute atomic E-state index is 11.8. The van der Waals surface area contributed by atoms with Gasteiger partial charge in [-0.3, -0.25) is 14.4 Å². The number of carbonyl (C=O) groups is 3. The minimum absolute atomic E-state index is 0.0878. The van der Waals surface area contributed by atoms with Crippen LogP contribution in [0.4, 0.5) is 0 Å². The summed E-state index contributed by atoms with van der Waals surface area (Å²) in [5.41, 5.74) is -1.57. The zero-order chi connectivity index (χ0) is 15.3. The predicted molar refractivity (Wildman–Crippen MR) is 66.1 cm³/mol. The van der Waals surface area contributed by atoms with Gasteiger partial charge in [0.2, 0.25) is 0 Å². The van der Waals surface area contributed by atoms with Crippen LogP contribution in [-0.2, 0) is 33.7 Å². The number of rotatable bonds is 7. The fourth-order valence-electron chi connectivity index (χ4n) is 1.10. The third-order valence-electron chi connectivity index (χ3n) is 2.40. The second-order valence-electron chi connectivity index (χ2n) is 4.38. The van der Waals surface area contributed by atoms with E-state index in [1.165, 1.54) is 13.8 Å². The van der Waals surface area contributed by atoms with Gasteiger partial charge in [-0.25, -0.2) is 8.42 Å². The van der Waals surface area contributed by atoms with E-state index in [4.69, 9.17) is 4.74 Å². The Hall–Kier alpha value is -1.44. The van der Waals surface area contributed by atoms with Crippen LogP contribution in [0.15, 0.2) is 0 Å². The van der Waals surface area contributed by atoms with Crippen molar-refractivity contribution in [3.63, 3.8) is 0 Å². The van der Waals surface area contributed by atoms with Crippen LogP contribution >= 0.6 is 0 Å². The van der Waals surface area contributed by atoms with Crippen LogP contribution in [-0.4, -0.2) is 51.4 Å². The lowest BCUT2D eigenvalue weighted by Crippen LogP contribution is -2.39. The van der Waals surface area contributed by atoms with Crippen molar-refractivity contribution in [1.82, 2.24) is 0 Å². The maximum Gasteiger partial charge on any atom is 0.320 e. The van der Waals surface area contributed by atoms with Gasteiger partial charge in [0.05, 0.1) is 13.7 Å². The Morgan fingerprint density at radius 2 is 1.63 bits per heavy atom. The molecule has 0 rings (SSSR count). The molecule has 0 N–H and O–H groups in total. The van der Waals surface area contributed by atoms with Crippen molar-refractivity contribution in [3.05, 3.63) is 0 Å². The molecule has 0 aromatic carbocycles. The number of methoxy groups -OCH3 is 1. The van der Waals surface area contributed by atoms with Gasteiger partial charge < -0.3 is 9.47 Å². The minimum Gasteiger partial charge on any atom is -0.468 e. The summed E-state index contributed by atoms with van der Waals surface area (Å²) in [6.07, 6.45) is 0. The molecule has 0 saturated carbocycles. The fourth-order valence-corrected chi connectivity index (χ4v) is 2.43. The molecular formula is C11H18O7S. The van der Waals surface area contributed by atoms with E-state index in [1.54, 1.807) is 6.92 Å². The van der Waals surface area contributed by atoms with Gasteiger partial charge in [-0.15, -0.1) is 0 Å². The van der Waals surface area contributed by atoms with Gasteiger partial charge in [0.15, 0.2) is 15.6 Å². The van der Waals surface area contributed by atoms with Crippen LogP contribution in [0.1, 0.15) is 20.8 Å². The van der Waals surface area contributed by atoms with Crippen molar-refractivity contribution < 1.29 is 32.3 Å². The van der Waals surface area contributed by atoms with E-state index < -0.39 is 44.5 Å². The summed E-state index contributed by atoms with van der Waals surface area (Å²) in [5.74, 6) is -4.38. The number of carbonyl (C=O) groups excluding carboxylic acids is 3. The molecule has 0 fully saturated rings. The molecule has 8 heteroatoms. The molecule has 0 heterocycles. The first kappa shape index (κ1) is 17.6. The number of ketones is 1. The van der Waals surface area contributed by atoms with Crippen LogP contribution in [0.5, 0.6) is 0 Å². The highest BCUT2D eigenvalue weighted by Crippen LogP contribution is 2.20. The van der Waals surface area contributed by atoms with Crippen LogP contribution in [0, 0.1) is 5.41 Å². The molecule has 0 aliphatic carbocycles. The molecule has 110 valence electrons. The molecule has 0 saturated heterocycles. The molecule has 0 atom stereocenters. The molecular weight excluding hydrogens is 276 g/mol. The second-order valence-corrected chi connectivity index (χ2v) is 6.44. The summed E-state index contributed by atoms with van der Waals surface area (Å²) in [5, 5.41) is 0. The average molecular weight is 294 g/mol. The molecule has 0 aliphatic heterocycles. The van der Waals surface area contributed by atoms with E-state index in [2.05, 4.69) is 4.74 Å². The Kier molecular flexibility index (Phi) is 6.14. The third kappa shape index (κ3) is 5.37. The van der Waals surface area contributed by atoms with Gasteiger partial charge >= 0.3 is 11.9 Å². The average Bonchev–Trinajstić information content (AvgIpc) is 2.27. The van der Waals surface area contributed by atoms with E-state index in [1.807, 2.05) is 0 Å². The summed E-state index contributed by atoms with van der Waals surface area (Å²) in [6.45, 7) is 4.22. The van der Waals surface area contributed by atoms with Gasteiger partial charge in [-0.2, -0.15) is 0 Å². The first-order valence-corrected chi connectivity index (χ1v) is 7.36. The highest BCUT2D eigenvalue weighted by atomic mass is 32.2. The Morgan fingerprint density at radius 1 is 1.11 bits per heavy atom. The summed E-state index contributed by atoms with van der Waals surface area (Å²) in [7, 11) is -2.91. The number of Topliss-reactive ketones (excluding diaryl/α,β-unsaturated/α-hetero) is 1. The first-order chi connectivity index (χ1) is 8.56. The van der Waals surface area contributed by atoms with Crippen molar-refractivity contribution in [2.75, 3.05) is 25.2 Å². The molecule has 0 aliphatic rings. The molecule has 0 spiro atoms. The summed E-state index contributed by atoms with van der Waals surface area (Å²) < 4.78 is 32.0. The molecule has 0 unspecified atom stereocenters. The van der Waals surface area contributed by atoms with Crippen LogP contribution in [0.25, 0.3) is 0 Å². The molecule has 0 aromatic heterocycles. The van der Waals surface area contributed by atoms with Gasteiger partial charge in [-0.05, 0) is 20.8 Å². The zero-order valence-corrected chi connectivity index (χ0v) is 12.2. The quantitative estimate of drug-likeness (QED) is 0.470. The largest absolute Gasteiger partial charge is 0.468 e. The standard InChI is InChI=1S/C11H18O7S/c1-5-18-10(14)11(2,3)8(12)6-19(15,16)7-9(13)17-4/h5-7H2,1-4H3. The highest BCUT2D eigenvalue weighted by molar-refractivity contribution is 7.92. The zero-order valence-electron chi connectivity index (χ0n) is 11.4. The Labute approximate surface area is 112 Å². The summed E-state index contributed by atoms with van der Waals surface area (Å²) >= 11 is 0. The van der Waals surface area contributed by atoms with Crippen LogP contribution in [0.2, 0.25) is 0 Å². The number of hydrogen-bond donors (Lipinski definition) is 0. The van der Waals surface area contributed by atoms with E-state index in [-0.39, 0.29) is 6.61 Å². The molecule has 0 amide bonds. The Bertz CT molecular complexity index is 461. The van der Waals surface area contributed by atoms with Gasteiger partial charge in [0.25, 0.3) is 0 Å². The highest BCUT2D eigenvalue weighted by Gasteiger charge is 2.39. The van der Waals surface area contributed by atoms with Crippen molar-refractivity contribution in [3.8, 4) is 0 Å². The predicted octanol–water partition coefficient (Wildman–Crippen LogP) is -0.267. The number of esters is 2. The van der Waals surface area contributed by atoms with E-state index in [9.17, 15) is 22.8 Å². The number of ether oxygens (including phenoxy) is 2. The van der Waals surface area contributed by atoms with Crippen molar-refractivity contribution in [1.29, 1.82) is 0 Å². The lowest BCUT2D eigenvalue weighted by Gasteiger charge is -2.20. The number of sulfone groups is 1. The smallest absolute Gasteiger partial charge is 0.320 e. The SMILES string of the molecule is CCOC(=O)C(C)(C)C(=O)CS(=O)(=O)CC(=O)OC. The fraction of sp³-hybridized carbons (Fsp3) is 0.727. The van der Waals surface area contributed by atoms with E-state index >= 15 is 0 Å². The lowest BCUT2D eigenvalue weighted by atomic mass is 9.89. The minimum atomic E-state index is -3.96. The second kappa shape index (κ2) is 6.65. The Balaban J connectivity index is 4.86. The molecule has 0 radical (unpaired) electrons. The van der Waals surface area contributed by atoms with Crippen LogP contribution in [0.3, 0.4) is 0 Å². The summed E-state index contributed by atoms with van der Waals surface area (Å²) in [6, 6.07) is 0. The van der Waals surface area contributed by atoms with Crippen molar-refractivity contribution in [2.24, 2.45) is 5.41 Å². The maximum atomic E-state index is 11.8. The normalized spacial score (nSPS) is 11.8. The van der Waals surface area contributed by atoms with Crippen LogP contribution < -0.4 is 0 Å². The van der Waals surface area contributed by atoms with E-state index in [0.29, 0.717) is 0 Å². The lowest BCUT2D eigenvalue weighted by molar-refractivity contribution is -0.157. The van der Waals surface area contributed by atoms with Crippen molar-refractivity contribution >= 4 is 27.6 Å². The molecule has 0 aromatic rings. The topological polar surface area (TPSA) is 104 Å². The van der Waals surface area contributed by atoms with Gasteiger partial charge in [-0.1, -0.05) is 0 Å². The first-order valence-electron chi connectivity index (χ1n) is 5.54. The van der Waals surface area contributed by atoms with Gasteiger partial charge in [0, 0.05) is 0 Å². The molecule has 0 bridgehead atoms. The molecule has 7 nitrogen and oxygen atoms in total. The van der Waals surface area contributed by atoms with Crippen molar-refractivity contribution in [2.45, 2.75) is 20.8 Å². The molecule has 19 heavy (non-hydrogen) atoms. The summed E-state index contributed by atoms with van der Waals surface area (Å²) in [4.78, 5) is 34.3. The Morgan fingerprint density at radius 3 is 2.05 bits per heavy atom. The number of hydrogen-bond acceptors (Lipinski definition) is 7. The monoisotopic (exact) mass is 294 g/mol. The third-order valence-corrected chi connectivity index (χ3v) is 3.78. The van der Waals surface area contributed by atoms with E-state index in [0.717, 1.165) is 7.11 Å².